The average Bonchev–Trinajstić information content (AvgIpc) is 2.96. The van der Waals surface area contributed by atoms with E-state index in [-0.39, 0.29) is 0 Å². The maximum atomic E-state index is 4.20. The second-order valence-electron chi connectivity index (χ2n) is 3.83. The maximum absolute atomic E-state index is 4.20. The lowest BCUT2D eigenvalue weighted by Crippen LogP contribution is -2.19. The van der Waals surface area contributed by atoms with Gasteiger partial charge in [-0.05, 0) is 31.3 Å². The molecule has 3 nitrogen and oxygen atoms in total. The number of hydrogen-bond acceptors (Lipinski definition) is 3. The summed E-state index contributed by atoms with van der Waals surface area (Å²) in [6.45, 7) is 3.23. The zero-order valence-electron chi connectivity index (χ0n) is 9.44. The molecule has 0 fully saturated rings. The monoisotopic (exact) mass is 235 g/mol. The number of aryl methyl sites for hydroxylation is 1. The van der Waals surface area contributed by atoms with Gasteiger partial charge in [-0.15, -0.1) is 11.3 Å². The Bertz CT molecular complexity index is 380. The van der Waals surface area contributed by atoms with Crippen molar-refractivity contribution in [3.8, 4) is 0 Å². The highest BCUT2D eigenvalue weighted by atomic mass is 32.1. The highest BCUT2D eigenvalue weighted by Crippen LogP contribution is 2.17. The first-order chi connectivity index (χ1) is 7.86. The molecule has 0 aliphatic rings. The average molecular weight is 235 g/mol. The molecule has 0 spiro atoms. The molecule has 86 valence electrons. The molecule has 0 amide bonds. The molecule has 4 heteroatoms. The third kappa shape index (κ3) is 3.18. The largest absolute Gasteiger partial charge is 0.349 e. The lowest BCUT2D eigenvalue weighted by Gasteiger charge is -2.11. The van der Waals surface area contributed by atoms with E-state index in [0.717, 1.165) is 25.2 Å². The number of nitrogens with zero attached hydrogens (tertiary/aromatic N) is 1. The molecule has 0 saturated carbocycles. The SMILES string of the molecule is CC(NCCCc1ncc[nH]1)c1cccs1. The van der Waals surface area contributed by atoms with Gasteiger partial charge < -0.3 is 10.3 Å². The van der Waals surface area contributed by atoms with Crippen LogP contribution >= 0.6 is 11.3 Å². The van der Waals surface area contributed by atoms with Crippen molar-refractivity contribution in [3.05, 3.63) is 40.6 Å². The summed E-state index contributed by atoms with van der Waals surface area (Å²) in [6.07, 6.45) is 5.80. The summed E-state index contributed by atoms with van der Waals surface area (Å²) in [5.74, 6) is 1.07. The minimum Gasteiger partial charge on any atom is -0.349 e. The van der Waals surface area contributed by atoms with Crippen LogP contribution in [0.3, 0.4) is 0 Å². The summed E-state index contributed by atoms with van der Waals surface area (Å²) in [7, 11) is 0. The Morgan fingerprint density at radius 2 is 2.50 bits per heavy atom. The minimum absolute atomic E-state index is 0.455. The van der Waals surface area contributed by atoms with Crippen LogP contribution in [0.4, 0.5) is 0 Å². The molecule has 2 N–H and O–H groups in total. The van der Waals surface area contributed by atoms with Gasteiger partial charge in [0.15, 0.2) is 0 Å². The van der Waals surface area contributed by atoms with Crippen molar-refractivity contribution >= 4 is 11.3 Å². The van der Waals surface area contributed by atoms with E-state index in [4.69, 9.17) is 0 Å². The number of imidazole rings is 1. The molecule has 0 aromatic carbocycles. The molecule has 1 atom stereocenters. The molecular weight excluding hydrogens is 218 g/mol. The fourth-order valence-electron chi connectivity index (χ4n) is 1.65. The molecule has 0 saturated heterocycles. The van der Waals surface area contributed by atoms with Crippen LogP contribution in [0.15, 0.2) is 29.9 Å². The third-order valence-corrected chi connectivity index (χ3v) is 3.62. The minimum atomic E-state index is 0.455. The molecule has 0 bridgehead atoms. The van der Waals surface area contributed by atoms with Crippen LogP contribution in [0, 0.1) is 0 Å². The Hall–Kier alpha value is -1.13. The van der Waals surface area contributed by atoms with Gasteiger partial charge in [-0.3, -0.25) is 0 Å². The first-order valence-corrected chi connectivity index (χ1v) is 6.49. The van der Waals surface area contributed by atoms with Gasteiger partial charge in [-0.2, -0.15) is 0 Å². The molecular formula is C12H17N3S. The summed E-state index contributed by atoms with van der Waals surface area (Å²) < 4.78 is 0. The van der Waals surface area contributed by atoms with Gasteiger partial charge >= 0.3 is 0 Å². The van der Waals surface area contributed by atoms with Crippen LogP contribution in [0.25, 0.3) is 0 Å². The number of aromatic nitrogens is 2. The summed E-state index contributed by atoms with van der Waals surface area (Å²) in [6, 6.07) is 4.73. The lowest BCUT2D eigenvalue weighted by atomic mass is 10.2. The van der Waals surface area contributed by atoms with Gasteiger partial charge in [0, 0.05) is 29.7 Å². The van der Waals surface area contributed by atoms with Crippen molar-refractivity contribution in [1.29, 1.82) is 0 Å². The maximum Gasteiger partial charge on any atom is 0.106 e. The summed E-state index contributed by atoms with van der Waals surface area (Å²) in [4.78, 5) is 8.72. The highest BCUT2D eigenvalue weighted by molar-refractivity contribution is 7.10. The van der Waals surface area contributed by atoms with Gasteiger partial charge in [0.1, 0.15) is 5.82 Å². The predicted molar refractivity (Wildman–Crippen MR) is 67.6 cm³/mol. The van der Waals surface area contributed by atoms with E-state index in [1.54, 1.807) is 17.5 Å². The Labute approximate surface area is 99.9 Å². The molecule has 0 radical (unpaired) electrons. The van der Waals surface area contributed by atoms with Gasteiger partial charge in [-0.1, -0.05) is 6.07 Å². The summed E-state index contributed by atoms with van der Waals surface area (Å²) >= 11 is 1.81. The zero-order valence-corrected chi connectivity index (χ0v) is 10.3. The Morgan fingerprint density at radius 1 is 1.56 bits per heavy atom. The van der Waals surface area contributed by atoms with Crippen molar-refractivity contribution < 1.29 is 0 Å². The fourth-order valence-corrected chi connectivity index (χ4v) is 2.41. The molecule has 16 heavy (non-hydrogen) atoms. The van der Waals surface area contributed by atoms with Crippen molar-refractivity contribution in [3.63, 3.8) is 0 Å². The third-order valence-electron chi connectivity index (χ3n) is 2.57. The van der Waals surface area contributed by atoms with Crippen molar-refractivity contribution in [1.82, 2.24) is 15.3 Å². The number of hydrogen-bond donors (Lipinski definition) is 2. The van der Waals surface area contributed by atoms with Gasteiger partial charge in [0.2, 0.25) is 0 Å². The lowest BCUT2D eigenvalue weighted by molar-refractivity contribution is 0.561. The molecule has 2 aromatic rings. The van der Waals surface area contributed by atoms with Gasteiger partial charge in [0.25, 0.3) is 0 Å². The molecule has 2 rings (SSSR count). The topological polar surface area (TPSA) is 40.7 Å². The molecule has 2 aromatic heterocycles. The van der Waals surface area contributed by atoms with Crippen LogP contribution in [-0.4, -0.2) is 16.5 Å². The van der Waals surface area contributed by atoms with Crippen molar-refractivity contribution in [2.75, 3.05) is 6.54 Å². The molecule has 2 heterocycles. The second kappa shape index (κ2) is 5.82. The smallest absolute Gasteiger partial charge is 0.106 e. The van der Waals surface area contributed by atoms with E-state index >= 15 is 0 Å². The number of aromatic amines is 1. The molecule has 0 aliphatic carbocycles. The molecule has 0 aliphatic heterocycles. The number of H-pyrrole nitrogens is 1. The van der Waals surface area contributed by atoms with E-state index in [1.807, 2.05) is 6.20 Å². The number of rotatable bonds is 6. The van der Waals surface area contributed by atoms with E-state index in [0.29, 0.717) is 6.04 Å². The van der Waals surface area contributed by atoms with E-state index in [1.165, 1.54) is 4.88 Å². The van der Waals surface area contributed by atoms with Crippen LogP contribution in [0.5, 0.6) is 0 Å². The van der Waals surface area contributed by atoms with Crippen molar-refractivity contribution in [2.24, 2.45) is 0 Å². The van der Waals surface area contributed by atoms with Crippen LogP contribution in [0.1, 0.15) is 30.1 Å². The van der Waals surface area contributed by atoms with Gasteiger partial charge in [0.05, 0.1) is 0 Å². The Balaban J connectivity index is 1.65. The zero-order chi connectivity index (χ0) is 11.2. The number of nitrogens with one attached hydrogen (secondary N) is 2. The van der Waals surface area contributed by atoms with Crippen LogP contribution in [-0.2, 0) is 6.42 Å². The van der Waals surface area contributed by atoms with E-state index in [2.05, 4.69) is 39.7 Å². The first kappa shape index (κ1) is 11.4. The normalized spacial score (nSPS) is 12.8. The summed E-state index contributed by atoms with van der Waals surface area (Å²) in [5.41, 5.74) is 0. The van der Waals surface area contributed by atoms with Crippen LogP contribution < -0.4 is 5.32 Å². The Morgan fingerprint density at radius 3 is 3.19 bits per heavy atom. The predicted octanol–water partition coefficient (Wildman–Crippen LogP) is 2.75. The highest BCUT2D eigenvalue weighted by Gasteiger charge is 2.04. The van der Waals surface area contributed by atoms with Crippen LogP contribution in [0.2, 0.25) is 0 Å². The van der Waals surface area contributed by atoms with Gasteiger partial charge in [-0.25, -0.2) is 4.98 Å². The summed E-state index contributed by atoms with van der Waals surface area (Å²) in [5, 5.41) is 5.64. The molecule has 1 unspecified atom stereocenters. The first-order valence-electron chi connectivity index (χ1n) is 5.61. The standard InChI is InChI=1S/C12H17N3S/c1-10(11-4-3-9-16-11)13-6-2-5-12-14-7-8-15-12/h3-4,7-10,13H,2,5-6H2,1H3,(H,14,15). The van der Waals surface area contributed by atoms with Crippen molar-refractivity contribution in [2.45, 2.75) is 25.8 Å². The quantitative estimate of drug-likeness (QED) is 0.756. The van der Waals surface area contributed by atoms with E-state index < -0.39 is 0 Å². The Kier molecular flexibility index (Phi) is 4.13. The fraction of sp³-hybridized carbons (Fsp3) is 0.417. The van der Waals surface area contributed by atoms with E-state index in [9.17, 15) is 0 Å². The number of thiophene rings is 1. The second-order valence-corrected chi connectivity index (χ2v) is 4.81.